The molecule has 0 bridgehead atoms. The van der Waals surface area contributed by atoms with Gasteiger partial charge in [0.2, 0.25) is 0 Å². The Morgan fingerprint density at radius 3 is 2.33 bits per heavy atom. The van der Waals surface area contributed by atoms with Crippen LogP contribution in [0.25, 0.3) is 0 Å². The fraction of sp³-hybridized carbons (Fsp3) is 0.529. The highest BCUT2D eigenvalue weighted by molar-refractivity contribution is 9.10. The lowest BCUT2D eigenvalue weighted by Gasteiger charge is -2.34. The first-order valence-electron chi connectivity index (χ1n) is 7.53. The molecule has 1 aromatic carbocycles. The number of benzene rings is 1. The van der Waals surface area contributed by atoms with Crippen molar-refractivity contribution < 1.29 is 14.3 Å². The molecule has 0 aliphatic heterocycles. The van der Waals surface area contributed by atoms with Crippen LogP contribution in [0.15, 0.2) is 28.7 Å². The molecule has 4 heteroatoms. The van der Waals surface area contributed by atoms with Crippen molar-refractivity contribution in [3.63, 3.8) is 0 Å². The Bertz CT molecular complexity index is 501. The molecule has 0 amide bonds. The van der Waals surface area contributed by atoms with Crippen LogP contribution in [0.3, 0.4) is 0 Å². The Kier molecular flexibility index (Phi) is 5.57. The summed E-state index contributed by atoms with van der Waals surface area (Å²) in [7, 11) is 0. The fourth-order valence-electron chi connectivity index (χ4n) is 3.01. The van der Waals surface area contributed by atoms with Crippen molar-refractivity contribution in [3.8, 4) is 0 Å². The molecule has 21 heavy (non-hydrogen) atoms. The van der Waals surface area contributed by atoms with Gasteiger partial charge in [0.15, 0.2) is 5.78 Å². The summed E-state index contributed by atoms with van der Waals surface area (Å²) in [5, 5.41) is 0. The van der Waals surface area contributed by atoms with E-state index >= 15 is 0 Å². The zero-order valence-electron chi connectivity index (χ0n) is 12.4. The van der Waals surface area contributed by atoms with Gasteiger partial charge in [-0.3, -0.25) is 9.59 Å². The summed E-state index contributed by atoms with van der Waals surface area (Å²) in [5.41, 5.74) is 0.0470. The molecule has 0 aromatic heterocycles. The van der Waals surface area contributed by atoms with Crippen LogP contribution in [0.4, 0.5) is 0 Å². The minimum atomic E-state index is -0.613. The first kappa shape index (κ1) is 16.2. The summed E-state index contributed by atoms with van der Waals surface area (Å²) >= 11 is 3.36. The topological polar surface area (TPSA) is 43.4 Å². The molecule has 3 nitrogen and oxygen atoms in total. The zero-order chi connectivity index (χ0) is 15.3. The monoisotopic (exact) mass is 352 g/mol. The first-order chi connectivity index (χ1) is 10.1. The van der Waals surface area contributed by atoms with Crippen LogP contribution < -0.4 is 0 Å². The van der Waals surface area contributed by atoms with E-state index in [0.717, 1.165) is 36.6 Å². The molecule has 1 aliphatic rings. The number of carbonyl (C=O) groups excluding carboxylic acids is 2. The highest BCUT2D eigenvalue weighted by atomic mass is 79.9. The second-order valence-corrected chi connectivity index (χ2v) is 6.58. The molecule has 1 fully saturated rings. The van der Waals surface area contributed by atoms with E-state index in [1.165, 1.54) is 0 Å². The largest absolute Gasteiger partial charge is 0.466 e. The van der Waals surface area contributed by atoms with Crippen LogP contribution in [0, 0.1) is 5.41 Å². The Labute approximate surface area is 134 Å². The summed E-state index contributed by atoms with van der Waals surface area (Å²) in [6.45, 7) is 2.18. The van der Waals surface area contributed by atoms with E-state index in [9.17, 15) is 9.59 Å². The standard InChI is InChI=1S/C17H21BrO3/c1-2-21-16(20)17(10-4-3-5-11-17)12-15(19)13-6-8-14(18)9-7-13/h6-9H,2-5,10-12H2,1H3. The Morgan fingerprint density at radius 2 is 1.76 bits per heavy atom. The Morgan fingerprint density at radius 1 is 1.14 bits per heavy atom. The van der Waals surface area contributed by atoms with Crippen molar-refractivity contribution in [3.05, 3.63) is 34.3 Å². The van der Waals surface area contributed by atoms with Gasteiger partial charge in [-0.25, -0.2) is 0 Å². The molecular weight excluding hydrogens is 332 g/mol. The van der Waals surface area contributed by atoms with Crippen LogP contribution >= 0.6 is 15.9 Å². The third-order valence-electron chi connectivity index (χ3n) is 4.18. The smallest absolute Gasteiger partial charge is 0.312 e. The molecule has 2 rings (SSSR count). The number of esters is 1. The molecule has 1 saturated carbocycles. The van der Waals surface area contributed by atoms with Gasteiger partial charge in [0.05, 0.1) is 12.0 Å². The van der Waals surface area contributed by atoms with Crippen molar-refractivity contribution in [2.75, 3.05) is 6.61 Å². The van der Waals surface area contributed by atoms with Gasteiger partial charge in [0, 0.05) is 16.5 Å². The van der Waals surface area contributed by atoms with Gasteiger partial charge in [0.1, 0.15) is 0 Å². The minimum Gasteiger partial charge on any atom is -0.466 e. The molecule has 0 N–H and O–H groups in total. The normalized spacial score (nSPS) is 17.2. The number of ether oxygens (including phenoxy) is 1. The summed E-state index contributed by atoms with van der Waals surface area (Å²) < 4.78 is 6.18. The Hall–Kier alpha value is -1.16. The molecule has 1 aromatic rings. The third-order valence-corrected chi connectivity index (χ3v) is 4.71. The highest BCUT2D eigenvalue weighted by Gasteiger charge is 2.42. The van der Waals surface area contributed by atoms with Crippen LogP contribution in [0.5, 0.6) is 0 Å². The van der Waals surface area contributed by atoms with Gasteiger partial charge in [-0.05, 0) is 31.9 Å². The van der Waals surface area contributed by atoms with Gasteiger partial charge in [-0.1, -0.05) is 47.3 Å². The average Bonchev–Trinajstić information content (AvgIpc) is 2.49. The molecule has 0 heterocycles. The SMILES string of the molecule is CCOC(=O)C1(CC(=O)c2ccc(Br)cc2)CCCCC1. The van der Waals surface area contributed by atoms with Crippen molar-refractivity contribution >= 4 is 27.7 Å². The van der Waals surface area contributed by atoms with E-state index < -0.39 is 5.41 Å². The Balaban J connectivity index is 2.16. The summed E-state index contributed by atoms with van der Waals surface area (Å²) in [4.78, 5) is 24.9. The lowest BCUT2D eigenvalue weighted by molar-refractivity contribution is -0.157. The van der Waals surface area contributed by atoms with E-state index in [1.54, 1.807) is 12.1 Å². The van der Waals surface area contributed by atoms with Gasteiger partial charge >= 0.3 is 5.97 Å². The van der Waals surface area contributed by atoms with Crippen molar-refractivity contribution in [1.29, 1.82) is 0 Å². The maximum Gasteiger partial charge on any atom is 0.312 e. The first-order valence-corrected chi connectivity index (χ1v) is 8.33. The van der Waals surface area contributed by atoms with E-state index in [0.29, 0.717) is 12.2 Å². The summed E-state index contributed by atoms with van der Waals surface area (Å²) in [6, 6.07) is 7.30. The second kappa shape index (κ2) is 7.21. The average molecular weight is 353 g/mol. The summed E-state index contributed by atoms with van der Waals surface area (Å²) in [5.74, 6) is -0.174. The number of rotatable bonds is 5. The molecule has 0 saturated heterocycles. The fourth-order valence-corrected chi connectivity index (χ4v) is 3.28. The van der Waals surface area contributed by atoms with E-state index in [-0.39, 0.29) is 18.2 Å². The highest BCUT2D eigenvalue weighted by Crippen LogP contribution is 2.41. The lowest BCUT2D eigenvalue weighted by atomic mass is 9.70. The van der Waals surface area contributed by atoms with Crippen LogP contribution in [-0.4, -0.2) is 18.4 Å². The molecule has 0 unspecified atom stereocenters. The van der Waals surface area contributed by atoms with Crippen LogP contribution in [0.2, 0.25) is 0 Å². The van der Waals surface area contributed by atoms with Crippen molar-refractivity contribution in [2.45, 2.75) is 45.4 Å². The molecule has 0 spiro atoms. The maximum absolute atomic E-state index is 12.5. The van der Waals surface area contributed by atoms with Crippen molar-refractivity contribution in [1.82, 2.24) is 0 Å². The number of halogens is 1. The molecular formula is C17H21BrO3. The van der Waals surface area contributed by atoms with E-state index in [2.05, 4.69) is 15.9 Å². The number of Topliss-reactive ketones (excluding diaryl/α,β-unsaturated/α-hetero) is 1. The van der Waals surface area contributed by atoms with E-state index in [1.807, 2.05) is 19.1 Å². The van der Waals surface area contributed by atoms with Crippen LogP contribution in [0.1, 0.15) is 55.8 Å². The number of hydrogen-bond donors (Lipinski definition) is 0. The van der Waals surface area contributed by atoms with Crippen molar-refractivity contribution in [2.24, 2.45) is 5.41 Å². The van der Waals surface area contributed by atoms with Crippen LogP contribution in [-0.2, 0) is 9.53 Å². The zero-order valence-corrected chi connectivity index (χ0v) is 13.9. The minimum absolute atomic E-state index is 0.0254. The van der Waals surface area contributed by atoms with Gasteiger partial charge in [-0.2, -0.15) is 0 Å². The van der Waals surface area contributed by atoms with Gasteiger partial charge in [-0.15, -0.1) is 0 Å². The molecule has 0 radical (unpaired) electrons. The molecule has 114 valence electrons. The summed E-state index contributed by atoms with van der Waals surface area (Å²) in [6.07, 6.45) is 4.89. The number of carbonyl (C=O) groups is 2. The molecule has 0 atom stereocenters. The van der Waals surface area contributed by atoms with E-state index in [4.69, 9.17) is 4.74 Å². The third kappa shape index (κ3) is 3.94. The molecule has 1 aliphatic carbocycles. The lowest BCUT2D eigenvalue weighted by Crippen LogP contribution is -2.37. The second-order valence-electron chi connectivity index (χ2n) is 5.67. The number of hydrogen-bond acceptors (Lipinski definition) is 3. The van der Waals surface area contributed by atoms with Gasteiger partial charge < -0.3 is 4.74 Å². The maximum atomic E-state index is 12.5. The quantitative estimate of drug-likeness (QED) is 0.577. The van der Waals surface area contributed by atoms with Gasteiger partial charge in [0.25, 0.3) is 0 Å². The number of ketones is 1. The predicted octanol–water partition coefficient (Wildman–Crippen LogP) is 4.54. The predicted molar refractivity (Wildman–Crippen MR) is 85.2 cm³/mol.